The second-order valence-corrected chi connectivity index (χ2v) is 3.58. The molecule has 0 saturated carbocycles. The van der Waals surface area contributed by atoms with Crippen LogP contribution in [0.3, 0.4) is 0 Å². The molecule has 0 unspecified atom stereocenters. The van der Waals surface area contributed by atoms with Crippen LogP contribution in [0.25, 0.3) is 0 Å². The molecule has 17 heavy (non-hydrogen) atoms. The van der Waals surface area contributed by atoms with E-state index in [1.165, 1.54) is 6.92 Å². The van der Waals surface area contributed by atoms with E-state index < -0.39 is 5.91 Å². The Morgan fingerprint density at radius 3 is 2.47 bits per heavy atom. The number of Topliss-reactive ketones (excluding diaryl/α,β-unsaturated/α-hetero) is 1. The van der Waals surface area contributed by atoms with Gasteiger partial charge in [0.05, 0.1) is 6.61 Å². The lowest BCUT2D eigenvalue weighted by Gasteiger charge is -2.06. The Morgan fingerprint density at radius 1 is 1.29 bits per heavy atom. The summed E-state index contributed by atoms with van der Waals surface area (Å²) < 4.78 is 4.99. The van der Waals surface area contributed by atoms with E-state index in [0.717, 1.165) is 5.69 Å². The zero-order chi connectivity index (χ0) is 12.7. The topological polar surface area (TPSA) is 81.4 Å². The van der Waals surface area contributed by atoms with Gasteiger partial charge >= 0.3 is 0 Å². The molecular weight excluding hydrogens is 220 g/mol. The summed E-state index contributed by atoms with van der Waals surface area (Å²) >= 11 is 0. The molecule has 0 aliphatic carbocycles. The van der Waals surface area contributed by atoms with Crippen molar-refractivity contribution in [3.05, 3.63) is 29.8 Å². The van der Waals surface area contributed by atoms with Crippen molar-refractivity contribution in [2.24, 2.45) is 5.73 Å². The molecule has 0 heterocycles. The van der Waals surface area contributed by atoms with Crippen LogP contribution < -0.4 is 11.1 Å². The molecule has 0 fully saturated rings. The normalized spacial score (nSPS) is 9.94. The molecule has 5 heteroatoms. The van der Waals surface area contributed by atoms with Gasteiger partial charge in [-0.1, -0.05) is 0 Å². The third-order valence-electron chi connectivity index (χ3n) is 2.11. The van der Waals surface area contributed by atoms with Gasteiger partial charge in [0.1, 0.15) is 6.61 Å². The molecule has 0 atom stereocenters. The quantitative estimate of drug-likeness (QED) is 0.542. The van der Waals surface area contributed by atoms with Crippen LogP contribution in [0.1, 0.15) is 17.3 Å². The van der Waals surface area contributed by atoms with Crippen LogP contribution in [-0.2, 0) is 9.53 Å². The number of ether oxygens (including phenoxy) is 1. The Morgan fingerprint density at radius 2 is 1.94 bits per heavy atom. The van der Waals surface area contributed by atoms with Crippen LogP contribution in [0.5, 0.6) is 0 Å². The van der Waals surface area contributed by atoms with Crippen molar-refractivity contribution >= 4 is 17.4 Å². The predicted octanol–water partition coefficient (Wildman–Crippen LogP) is 0.803. The van der Waals surface area contributed by atoms with Gasteiger partial charge in [0.25, 0.3) is 0 Å². The van der Waals surface area contributed by atoms with Crippen molar-refractivity contribution in [2.45, 2.75) is 6.92 Å². The van der Waals surface area contributed by atoms with E-state index in [0.29, 0.717) is 18.7 Å². The summed E-state index contributed by atoms with van der Waals surface area (Å²) in [5, 5.41) is 3.10. The smallest absolute Gasteiger partial charge is 0.243 e. The first-order chi connectivity index (χ1) is 8.09. The molecule has 0 aromatic heterocycles. The Kier molecular flexibility index (Phi) is 5.16. The molecule has 0 spiro atoms. The number of benzene rings is 1. The summed E-state index contributed by atoms with van der Waals surface area (Å²) in [7, 11) is 0. The zero-order valence-corrected chi connectivity index (χ0v) is 9.73. The predicted molar refractivity (Wildman–Crippen MR) is 64.9 cm³/mol. The molecule has 1 aromatic carbocycles. The first kappa shape index (κ1) is 13.2. The monoisotopic (exact) mass is 236 g/mol. The standard InChI is InChI=1S/C12H16N2O3/c1-9(15)10-2-4-11(5-3-10)14-6-7-17-8-12(13)16/h2-5,14H,6-8H2,1H3,(H2,13,16). The molecular formula is C12H16N2O3. The van der Waals surface area contributed by atoms with E-state index in [1.807, 2.05) is 12.1 Å². The van der Waals surface area contributed by atoms with Gasteiger partial charge in [0.15, 0.2) is 5.78 Å². The highest BCUT2D eigenvalue weighted by atomic mass is 16.5. The van der Waals surface area contributed by atoms with E-state index >= 15 is 0 Å². The van der Waals surface area contributed by atoms with Crippen LogP contribution in [-0.4, -0.2) is 31.4 Å². The molecule has 1 aromatic rings. The van der Waals surface area contributed by atoms with Gasteiger partial charge < -0.3 is 15.8 Å². The van der Waals surface area contributed by atoms with Gasteiger partial charge in [-0.25, -0.2) is 0 Å². The molecule has 3 N–H and O–H groups in total. The number of nitrogens with one attached hydrogen (secondary N) is 1. The number of rotatable bonds is 7. The van der Waals surface area contributed by atoms with Crippen LogP contribution in [0.15, 0.2) is 24.3 Å². The van der Waals surface area contributed by atoms with E-state index in [9.17, 15) is 9.59 Å². The lowest BCUT2D eigenvalue weighted by atomic mass is 10.1. The van der Waals surface area contributed by atoms with Crippen LogP contribution in [0.4, 0.5) is 5.69 Å². The molecule has 0 aliphatic heterocycles. The molecule has 92 valence electrons. The van der Waals surface area contributed by atoms with E-state index in [1.54, 1.807) is 12.1 Å². The largest absolute Gasteiger partial charge is 0.383 e. The summed E-state index contributed by atoms with van der Waals surface area (Å²) in [6, 6.07) is 7.17. The second kappa shape index (κ2) is 6.65. The maximum absolute atomic E-state index is 11.0. The maximum atomic E-state index is 11.0. The third kappa shape index (κ3) is 5.12. The highest BCUT2D eigenvalue weighted by molar-refractivity contribution is 5.94. The van der Waals surface area contributed by atoms with Crippen LogP contribution in [0, 0.1) is 0 Å². The average molecular weight is 236 g/mol. The number of nitrogens with two attached hydrogens (primary N) is 1. The summed E-state index contributed by atoms with van der Waals surface area (Å²) in [6.07, 6.45) is 0. The van der Waals surface area contributed by atoms with Crippen molar-refractivity contribution in [2.75, 3.05) is 25.1 Å². The minimum absolute atomic E-state index is 0.0429. The molecule has 0 radical (unpaired) electrons. The van der Waals surface area contributed by atoms with Gasteiger partial charge in [-0.05, 0) is 31.2 Å². The summed E-state index contributed by atoms with van der Waals surface area (Å²) in [5.74, 6) is -0.433. The zero-order valence-electron chi connectivity index (χ0n) is 9.73. The molecule has 0 aliphatic rings. The molecule has 1 rings (SSSR count). The summed E-state index contributed by atoms with van der Waals surface area (Å²) in [4.78, 5) is 21.4. The fourth-order valence-electron chi connectivity index (χ4n) is 1.26. The van der Waals surface area contributed by atoms with Crippen molar-refractivity contribution in [3.63, 3.8) is 0 Å². The Bertz CT molecular complexity index is 387. The number of hydrogen-bond acceptors (Lipinski definition) is 4. The molecule has 1 amide bonds. The highest BCUT2D eigenvalue weighted by Gasteiger charge is 1.98. The number of anilines is 1. The Hall–Kier alpha value is -1.88. The van der Waals surface area contributed by atoms with Crippen LogP contribution >= 0.6 is 0 Å². The average Bonchev–Trinajstić information content (AvgIpc) is 2.29. The van der Waals surface area contributed by atoms with E-state index in [2.05, 4.69) is 5.32 Å². The second-order valence-electron chi connectivity index (χ2n) is 3.58. The van der Waals surface area contributed by atoms with Gasteiger partial charge in [0, 0.05) is 17.8 Å². The van der Waals surface area contributed by atoms with Gasteiger partial charge in [0.2, 0.25) is 5.91 Å². The number of carbonyl (C=O) groups is 2. The lowest BCUT2D eigenvalue weighted by molar-refractivity contribution is -0.122. The fourth-order valence-corrected chi connectivity index (χ4v) is 1.26. The SMILES string of the molecule is CC(=O)c1ccc(NCCOCC(N)=O)cc1. The van der Waals surface area contributed by atoms with E-state index in [-0.39, 0.29) is 12.4 Å². The van der Waals surface area contributed by atoms with Crippen molar-refractivity contribution in [3.8, 4) is 0 Å². The summed E-state index contributed by atoms with van der Waals surface area (Å²) in [6.45, 7) is 2.44. The number of amides is 1. The van der Waals surface area contributed by atoms with Gasteiger partial charge in [-0.2, -0.15) is 0 Å². The number of carbonyl (C=O) groups excluding carboxylic acids is 2. The third-order valence-corrected chi connectivity index (χ3v) is 2.11. The van der Waals surface area contributed by atoms with Gasteiger partial charge in [-0.15, -0.1) is 0 Å². The number of primary amides is 1. The van der Waals surface area contributed by atoms with Crippen molar-refractivity contribution in [1.82, 2.24) is 0 Å². The number of ketones is 1. The molecule has 0 saturated heterocycles. The fraction of sp³-hybridized carbons (Fsp3) is 0.333. The van der Waals surface area contributed by atoms with Crippen molar-refractivity contribution < 1.29 is 14.3 Å². The van der Waals surface area contributed by atoms with Gasteiger partial charge in [-0.3, -0.25) is 9.59 Å². The van der Waals surface area contributed by atoms with Crippen LogP contribution in [0.2, 0.25) is 0 Å². The van der Waals surface area contributed by atoms with Crippen molar-refractivity contribution in [1.29, 1.82) is 0 Å². The number of hydrogen-bond donors (Lipinski definition) is 2. The Balaban J connectivity index is 2.27. The highest BCUT2D eigenvalue weighted by Crippen LogP contribution is 2.09. The lowest BCUT2D eigenvalue weighted by Crippen LogP contribution is -2.20. The molecule has 5 nitrogen and oxygen atoms in total. The summed E-state index contributed by atoms with van der Waals surface area (Å²) in [5.41, 5.74) is 6.50. The first-order valence-corrected chi connectivity index (χ1v) is 5.30. The van der Waals surface area contributed by atoms with E-state index in [4.69, 9.17) is 10.5 Å². The minimum atomic E-state index is -0.476. The molecule has 0 bridgehead atoms. The Labute approximate surface area is 99.9 Å². The first-order valence-electron chi connectivity index (χ1n) is 5.30. The maximum Gasteiger partial charge on any atom is 0.243 e. The minimum Gasteiger partial charge on any atom is -0.383 e.